The van der Waals surface area contributed by atoms with E-state index in [4.69, 9.17) is 4.42 Å². The van der Waals surface area contributed by atoms with Crippen molar-refractivity contribution in [3.8, 4) is 0 Å². The largest absolute Gasteiger partial charge is 0.468 e. The molecule has 1 aliphatic rings. The van der Waals surface area contributed by atoms with Gasteiger partial charge in [-0.3, -0.25) is 14.5 Å². The van der Waals surface area contributed by atoms with Gasteiger partial charge in [0.2, 0.25) is 11.8 Å². The predicted molar refractivity (Wildman–Crippen MR) is 105 cm³/mol. The average molecular weight is 382 g/mol. The van der Waals surface area contributed by atoms with Crippen LogP contribution in [0.25, 0.3) is 0 Å². The van der Waals surface area contributed by atoms with Crippen molar-refractivity contribution in [2.45, 2.75) is 46.7 Å². The van der Waals surface area contributed by atoms with Gasteiger partial charge in [0.15, 0.2) is 0 Å². The molecule has 1 saturated heterocycles. The molecule has 0 saturated carbocycles. The summed E-state index contributed by atoms with van der Waals surface area (Å²) in [6.07, 6.45) is 1.66. The second-order valence-electron chi connectivity index (χ2n) is 7.54. The lowest BCUT2D eigenvalue weighted by Crippen LogP contribution is -2.51. The van der Waals surface area contributed by atoms with Gasteiger partial charge >= 0.3 is 0 Å². The van der Waals surface area contributed by atoms with Gasteiger partial charge in [0, 0.05) is 17.7 Å². The summed E-state index contributed by atoms with van der Waals surface area (Å²) < 4.78 is 5.58. The highest BCUT2D eigenvalue weighted by Gasteiger charge is 2.39. The third-order valence-corrected chi connectivity index (χ3v) is 5.69. The van der Waals surface area contributed by atoms with Crippen LogP contribution in [0.1, 0.15) is 46.4 Å². The minimum atomic E-state index is -0.485. The summed E-state index contributed by atoms with van der Waals surface area (Å²) in [4.78, 5) is 29.4. The highest BCUT2D eigenvalue weighted by Crippen LogP contribution is 2.28. The zero-order valence-corrected chi connectivity index (χ0v) is 17.3. The minimum Gasteiger partial charge on any atom is -0.468 e. The van der Waals surface area contributed by atoms with Crippen LogP contribution in [0.15, 0.2) is 22.8 Å². The van der Waals surface area contributed by atoms with Gasteiger partial charge in [-0.15, -0.1) is 11.8 Å². The number of hydrogen-bond donors (Lipinski definition) is 1. The highest BCUT2D eigenvalue weighted by molar-refractivity contribution is 7.99. The van der Waals surface area contributed by atoms with Crippen LogP contribution in [0, 0.1) is 5.41 Å². The van der Waals surface area contributed by atoms with Gasteiger partial charge in [0.25, 0.3) is 0 Å². The summed E-state index contributed by atoms with van der Waals surface area (Å²) >= 11 is 1.63. The SMILES string of the molecule is CCN(CC)C(CNC(=O)C1CSCN1C(=O)C(C)(C)C)c1ccco1. The van der Waals surface area contributed by atoms with Gasteiger partial charge < -0.3 is 14.6 Å². The maximum atomic E-state index is 12.8. The number of thioether (sulfide) groups is 1. The molecule has 1 aliphatic heterocycles. The van der Waals surface area contributed by atoms with Gasteiger partial charge in [0.1, 0.15) is 11.8 Å². The fraction of sp³-hybridized carbons (Fsp3) is 0.684. The van der Waals surface area contributed by atoms with Crippen LogP contribution in [0.2, 0.25) is 0 Å². The van der Waals surface area contributed by atoms with Crippen molar-refractivity contribution in [1.29, 1.82) is 0 Å². The van der Waals surface area contributed by atoms with Gasteiger partial charge in [-0.05, 0) is 25.2 Å². The fourth-order valence-electron chi connectivity index (χ4n) is 3.16. The van der Waals surface area contributed by atoms with Crippen LogP contribution in [0.3, 0.4) is 0 Å². The molecule has 2 rings (SSSR count). The number of hydrogen-bond acceptors (Lipinski definition) is 5. The van der Waals surface area contributed by atoms with E-state index in [1.54, 1.807) is 22.9 Å². The molecule has 0 spiro atoms. The second-order valence-corrected chi connectivity index (χ2v) is 8.54. The lowest BCUT2D eigenvalue weighted by atomic mass is 9.94. The molecule has 2 unspecified atom stereocenters. The number of nitrogens with one attached hydrogen (secondary N) is 1. The average Bonchev–Trinajstić information content (AvgIpc) is 3.28. The molecule has 146 valence electrons. The number of carbonyl (C=O) groups is 2. The van der Waals surface area contributed by atoms with E-state index in [0.29, 0.717) is 18.2 Å². The van der Waals surface area contributed by atoms with Crippen molar-refractivity contribution in [2.75, 3.05) is 31.3 Å². The van der Waals surface area contributed by atoms with Crippen LogP contribution >= 0.6 is 11.8 Å². The van der Waals surface area contributed by atoms with Crippen LogP contribution in [-0.4, -0.2) is 58.9 Å². The molecule has 1 aromatic rings. The zero-order valence-electron chi connectivity index (χ0n) is 16.4. The molecule has 1 aromatic heterocycles. The maximum absolute atomic E-state index is 12.8. The van der Waals surface area contributed by atoms with Crippen LogP contribution in [0.4, 0.5) is 0 Å². The Morgan fingerprint density at radius 1 is 1.38 bits per heavy atom. The fourth-order valence-corrected chi connectivity index (χ4v) is 4.31. The van der Waals surface area contributed by atoms with Crippen molar-refractivity contribution in [3.63, 3.8) is 0 Å². The summed E-state index contributed by atoms with van der Waals surface area (Å²) in [5.74, 6) is 2.00. The van der Waals surface area contributed by atoms with E-state index in [9.17, 15) is 9.59 Å². The van der Waals surface area contributed by atoms with E-state index in [0.717, 1.165) is 18.8 Å². The van der Waals surface area contributed by atoms with Gasteiger partial charge in [-0.1, -0.05) is 34.6 Å². The molecule has 26 heavy (non-hydrogen) atoms. The van der Waals surface area contributed by atoms with E-state index in [1.807, 2.05) is 32.9 Å². The highest BCUT2D eigenvalue weighted by atomic mass is 32.2. The molecule has 6 nitrogen and oxygen atoms in total. The Balaban J connectivity index is 2.04. The van der Waals surface area contributed by atoms with E-state index in [-0.39, 0.29) is 17.9 Å². The Labute approximate surface area is 160 Å². The van der Waals surface area contributed by atoms with Crippen LogP contribution < -0.4 is 5.32 Å². The second kappa shape index (κ2) is 8.95. The smallest absolute Gasteiger partial charge is 0.243 e. The molecule has 0 aromatic carbocycles. The first-order chi connectivity index (χ1) is 12.3. The molecule has 1 N–H and O–H groups in total. The molecule has 2 heterocycles. The predicted octanol–water partition coefficient (Wildman–Crippen LogP) is 2.73. The zero-order chi connectivity index (χ0) is 19.3. The number of likely N-dealkylation sites (N-methyl/N-ethyl adjacent to an activating group) is 1. The third-order valence-electron chi connectivity index (χ3n) is 4.68. The topological polar surface area (TPSA) is 65.8 Å². The number of rotatable bonds is 7. The molecule has 0 radical (unpaired) electrons. The lowest BCUT2D eigenvalue weighted by molar-refractivity contribution is -0.144. The molecule has 2 atom stereocenters. The van der Waals surface area contributed by atoms with Crippen LogP contribution in [-0.2, 0) is 9.59 Å². The summed E-state index contributed by atoms with van der Waals surface area (Å²) in [5, 5.41) is 3.05. The summed E-state index contributed by atoms with van der Waals surface area (Å²) in [5.41, 5.74) is -0.485. The molecular formula is C19H31N3O3S. The molecule has 7 heteroatoms. The van der Waals surface area contributed by atoms with Gasteiger partial charge in [0.05, 0.1) is 18.2 Å². The summed E-state index contributed by atoms with van der Waals surface area (Å²) in [6.45, 7) is 12.1. The molecule has 1 fully saturated rings. The van der Waals surface area contributed by atoms with Crippen LogP contribution in [0.5, 0.6) is 0 Å². The van der Waals surface area contributed by atoms with Crippen molar-refractivity contribution in [3.05, 3.63) is 24.2 Å². The Morgan fingerprint density at radius 2 is 2.08 bits per heavy atom. The number of nitrogens with zero attached hydrogens (tertiary/aromatic N) is 2. The van der Waals surface area contributed by atoms with Crippen molar-refractivity contribution in [2.24, 2.45) is 5.41 Å². The first-order valence-corrected chi connectivity index (χ1v) is 10.4. The maximum Gasteiger partial charge on any atom is 0.243 e. The van der Waals surface area contributed by atoms with E-state index in [1.165, 1.54) is 0 Å². The normalized spacial score (nSPS) is 19.0. The minimum absolute atomic E-state index is 0.00947. The Kier molecular flexibility index (Phi) is 7.17. The Bertz CT molecular complexity index is 594. The molecule has 2 amide bonds. The van der Waals surface area contributed by atoms with E-state index in [2.05, 4.69) is 24.1 Å². The number of amides is 2. The van der Waals surface area contributed by atoms with Crippen molar-refractivity contribution in [1.82, 2.24) is 15.1 Å². The molecule has 0 aliphatic carbocycles. The van der Waals surface area contributed by atoms with Crippen molar-refractivity contribution < 1.29 is 14.0 Å². The lowest BCUT2D eigenvalue weighted by Gasteiger charge is -2.31. The standard InChI is InChI=1S/C19H31N3O3S/c1-6-21(7-2)14(16-9-8-10-25-16)11-20-17(23)15-12-26-13-22(15)18(24)19(3,4)5/h8-10,14-15H,6-7,11-13H2,1-5H3,(H,20,23). The van der Waals surface area contributed by atoms with Gasteiger partial charge in [-0.25, -0.2) is 0 Å². The summed E-state index contributed by atoms with van der Waals surface area (Å²) in [6, 6.07) is 3.39. The van der Waals surface area contributed by atoms with Gasteiger partial charge in [-0.2, -0.15) is 0 Å². The summed E-state index contributed by atoms with van der Waals surface area (Å²) in [7, 11) is 0. The first kappa shape index (κ1) is 20.8. The van der Waals surface area contributed by atoms with E-state index < -0.39 is 11.5 Å². The number of carbonyl (C=O) groups excluding carboxylic acids is 2. The molecular weight excluding hydrogens is 350 g/mol. The Morgan fingerprint density at radius 3 is 2.62 bits per heavy atom. The Hall–Kier alpha value is -1.47. The first-order valence-electron chi connectivity index (χ1n) is 9.23. The van der Waals surface area contributed by atoms with E-state index >= 15 is 0 Å². The third kappa shape index (κ3) is 4.82. The quantitative estimate of drug-likeness (QED) is 0.787. The monoisotopic (exact) mass is 381 g/mol. The molecule has 0 bridgehead atoms. The van der Waals surface area contributed by atoms with Crippen molar-refractivity contribution >= 4 is 23.6 Å². The number of furan rings is 1.